The van der Waals surface area contributed by atoms with Gasteiger partial charge in [0.05, 0.1) is 17.5 Å². The number of fused-ring (bicyclic) bond motifs is 1. The first kappa shape index (κ1) is 11.4. The Hall–Kier alpha value is -2.43. The summed E-state index contributed by atoms with van der Waals surface area (Å²) in [5.41, 5.74) is 8.95. The smallest absolute Gasteiger partial charge is 0.138 e. The molecular weight excluding hydrogens is 250 g/mol. The first-order chi connectivity index (χ1) is 9.78. The fraction of sp³-hybridized carbons (Fsp3) is 0.267. The van der Waals surface area contributed by atoms with E-state index in [2.05, 4.69) is 19.9 Å². The number of nitrogen functional groups attached to an aromatic ring is 1. The van der Waals surface area contributed by atoms with Crippen LogP contribution in [0.1, 0.15) is 36.1 Å². The normalized spacial score (nSPS) is 14.8. The second-order valence-electron chi connectivity index (χ2n) is 5.29. The Morgan fingerprint density at radius 2 is 2.00 bits per heavy atom. The molecule has 5 nitrogen and oxygen atoms in total. The number of hydrogen-bond acceptors (Lipinski definition) is 4. The lowest BCUT2D eigenvalue weighted by atomic mass is 10.2. The highest BCUT2D eigenvalue weighted by Crippen LogP contribution is 2.39. The zero-order chi connectivity index (χ0) is 13.5. The van der Waals surface area contributed by atoms with Crippen molar-refractivity contribution in [3.8, 4) is 0 Å². The summed E-state index contributed by atoms with van der Waals surface area (Å²) < 4.78 is 0. The van der Waals surface area contributed by atoms with E-state index in [0.29, 0.717) is 18.2 Å². The molecule has 1 fully saturated rings. The van der Waals surface area contributed by atoms with Gasteiger partial charge in [-0.2, -0.15) is 0 Å². The van der Waals surface area contributed by atoms with Crippen LogP contribution in [0.25, 0.3) is 11.0 Å². The van der Waals surface area contributed by atoms with Crippen LogP contribution in [0.2, 0.25) is 0 Å². The predicted molar refractivity (Wildman–Crippen MR) is 77.3 cm³/mol. The number of imidazole rings is 1. The summed E-state index contributed by atoms with van der Waals surface area (Å²) in [6, 6.07) is 9.87. The lowest BCUT2D eigenvalue weighted by molar-refractivity contribution is 0.877. The van der Waals surface area contributed by atoms with Gasteiger partial charge in [0.15, 0.2) is 0 Å². The number of rotatable bonds is 3. The molecule has 4 rings (SSSR count). The number of nitrogens with two attached hydrogens (primary N) is 1. The molecule has 3 N–H and O–H groups in total. The first-order valence-corrected chi connectivity index (χ1v) is 6.85. The van der Waals surface area contributed by atoms with Gasteiger partial charge in [-0.3, -0.25) is 0 Å². The van der Waals surface area contributed by atoms with Crippen LogP contribution in [0.5, 0.6) is 0 Å². The quantitative estimate of drug-likeness (QED) is 0.762. The van der Waals surface area contributed by atoms with Gasteiger partial charge in [-0.05, 0) is 25.0 Å². The van der Waals surface area contributed by atoms with Crippen LogP contribution in [0, 0.1) is 0 Å². The second kappa shape index (κ2) is 4.30. The predicted octanol–water partition coefficient (Wildman–Crippen LogP) is 2.40. The third-order valence-corrected chi connectivity index (χ3v) is 3.57. The molecule has 2 heterocycles. The van der Waals surface area contributed by atoms with Crippen molar-refractivity contribution in [2.45, 2.75) is 25.2 Å². The SMILES string of the molecule is Nc1cc(C2CC2)nc(Cc2nc3ccccc3[nH]2)n1. The van der Waals surface area contributed by atoms with Crippen LogP contribution in [-0.4, -0.2) is 19.9 Å². The van der Waals surface area contributed by atoms with Crippen molar-refractivity contribution in [3.05, 3.63) is 47.7 Å². The highest BCUT2D eigenvalue weighted by atomic mass is 15.0. The van der Waals surface area contributed by atoms with E-state index in [-0.39, 0.29) is 0 Å². The Bertz CT molecular complexity index is 740. The number of aromatic amines is 1. The first-order valence-electron chi connectivity index (χ1n) is 6.85. The summed E-state index contributed by atoms with van der Waals surface area (Å²) in [6.45, 7) is 0. The van der Waals surface area contributed by atoms with E-state index in [1.165, 1.54) is 12.8 Å². The van der Waals surface area contributed by atoms with Crippen molar-refractivity contribution >= 4 is 16.9 Å². The summed E-state index contributed by atoms with van der Waals surface area (Å²) in [7, 11) is 0. The minimum atomic E-state index is 0.549. The van der Waals surface area contributed by atoms with Gasteiger partial charge < -0.3 is 10.7 Å². The van der Waals surface area contributed by atoms with Gasteiger partial charge in [-0.1, -0.05) is 12.1 Å². The van der Waals surface area contributed by atoms with E-state index in [0.717, 1.165) is 28.4 Å². The largest absolute Gasteiger partial charge is 0.384 e. The van der Waals surface area contributed by atoms with Crippen LogP contribution in [-0.2, 0) is 6.42 Å². The van der Waals surface area contributed by atoms with E-state index >= 15 is 0 Å². The van der Waals surface area contributed by atoms with Crippen molar-refractivity contribution < 1.29 is 0 Å². The number of para-hydroxylation sites is 2. The molecule has 0 amide bonds. The fourth-order valence-electron chi connectivity index (χ4n) is 2.45. The van der Waals surface area contributed by atoms with E-state index in [1.54, 1.807) is 0 Å². The Balaban J connectivity index is 1.67. The average molecular weight is 265 g/mol. The van der Waals surface area contributed by atoms with E-state index < -0.39 is 0 Å². The molecule has 2 aromatic heterocycles. The molecular formula is C15H15N5. The lowest BCUT2D eigenvalue weighted by Gasteiger charge is -2.03. The average Bonchev–Trinajstić information content (AvgIpc) is 3.19. The Morgan fingerprint density at radius 1 is 1.15 bits per heavy atom. The van der Waals surface area contributed by atoms with Gasteiger partial charge in [0, 0.05) is 17.7 Å². The number of benzene rings is 1. The molecule has 0 saturated heterocycles. The van der Waals surface area contributed by atoms with Gasteiger partial charge >= 0.3 is 0 Å². The summed E-state index contributed by atoms with van der Waals surface area (Å²) in [6.07, 6.45) is 3.00. The number of anilines is 1. The molecule has 5 heteroatoms. The van der Waals surface area contributed by atoms with Crippen LogP contribution in [0.15, 0.2) is 30.3 Å². The molecule has 0 atom stereocenters. The molecule has 0 unspecified atom stereocenters. The van der Waals surface area contributed by atoms with E-state index in [4.69, 9.17) is 5.73 Å². The van der Waals surface area contributed by atoms with Gasteiger partial charge in [0.1, 0.15) is 17.5 Å². The van der Waals surface area contributed by atoms with Crippen molar-refractivity contribution in [2.75, 3.05) is 5.73 Å². The highest BCUT2D eigenvalue weighted by molar-refractivity contribution is 5.74. The molecule has 0 radical (unpaired) electrons. The minimum Gasteiger partial charge on any atom is -0.384 e. The van der Waals surface area contributed by atoms with Crippen molar-refractivity contribution in [3.63, 3.8) is 0 Å². The van der Waals surface area contributed by atoms with Gasteiger partial charge in [0.2, 0.25) is 0 Å². The zero-order valence-electron chi connectivity index (χ0n) is 11.0. The van der Waals surface area contributed by atoms with Crippen molar-refractivity contribution in [1.82, 2.24) is 19.9 Å². The molecule has 100 valence electrons. The Morgan fingerprint density at radius 3 is 2.80 bits per heavy atom. The van der Waals surface area contributed by atoms with Crippen LogP contribution in [0.3, 0.4) is 0 Å². The standard InChI is InChI=1S/C15H15N5/c16-13-7-12(9-5-6-9)19-15(20-13)8-14-17-10-3-1-2-4-11(10)18-14/h1-4,7,9H,5-6,8H2,(H,17,18)(H2,16,19,20). The number of H-pyrrole nitrogens is 1. The molecule has 1 aliphatic rings. The zero-order valence-corrected chi connectivity index (χ0v) is 11.0. The second-order valence-corrected chi connectivity index (χ2v) is 5.29. The monoisotopic (exact) mass is 265 g/mol. The highest BCUT2D eigenvalue weighted by Gasteiger charge is 2.26. The lowest BCUT2D eigenvalue weighted by Crippen LogP contribution is -2.04. The third-order valence-electron chi connectivity index (χ3n) is 3.57. The molecule has 1 aliphatic carbocycles. The third kappa shape index (κ3) is 2.11. The molecule has 0 spiro atoms. The molecule has 0 bridgehead atoms. The summed E-state index contributed by atoms with van der Waals surface area (Å²) in [5.74, 6) is 2.74. The van der Waals surface area contributed by atoms with Crippen LogP contribution < -0.4 is 5.73 Å². The molecule has 0 aliphatic heterocycles. The summed E-state index contributed by atoms with van der Waals surface area (Å²) >= 11 is 0. The Kier molecular flexibility index (Phi) is 2.45. The number of nitrogens with one attached hydrogen (secondary N) is 1. The molecule has 1 aromatic carbocycles. The number of nitrogens with zero attached hydrogens (tertiary/aromatic N) is 3. The van der Waals surface area contributed by atoms with Gasteiger partial charge in [-0.15, -0.1) is 0 Å². The maximum atomic E-state index is 5.87. The Labute approximate surface area is 116 Å². The van der Waals surface area contributed by atoms with E-state index in [1.807, 2.05) is 30.3 Å². The van der Waals surface area contributed by atoms with Crippen LogP contribution in [0.4, 0.5) is 5.82 Å². The summed E-state index contributed by atoms with van der Waals surface area (Å²) in [5, 5.41) is 0. The van der Waals surface area contributed by atoms with Crippen molar-refractivity contribution in [2.24, 2.45) is 0 Å². The number of aromatic nitrogens is 4. The van der Waals surface area contributed by atoms with Crippen LogP contribution >= 0.6 is 0 Å². The van der Waals surface area contributed by atoms with Gasteiger partial charge in [-0.25, -0.2) is 15.0 Å². The molecule has 3 aromatic rings. The maximum absolute atomic E-state index is 5.87. The fourth-order valence-corrected chi connectivity index (χ4v) is 2.45. The topological polar surface area (TPSA) is 80.5 Å². The molecule has 1 saturated carbocycles. The number of hydrogen-bond donors (Lipinski definition) is 2. The van der Waals surface area contributed by atoms with E-state index in [9.17, 15) is 0 Å². The summed E-state index contributed by atoms with van der Waals surface area (Å²) in [4.78, 5) is 16.8. The van der Waals surface area contributed by atoms with Crippen molar-refractivity contribution in [1.29, 1.82) is 0 Å². The molecule has 20 heavy (non-hydrogen) atoms. The maximum Gasteiger partial charge on any atom is 0.138 e. The van der Waals surface area contributed by atoms with Gasteiger partial charge in [0.25, 0.3) is 0 Å². The minimum absolute atomic E-state index is 0.549.